The first-order valence-corrected chi connectivity index (χ1v) is 11.8. The molecule has 1 aromatic rings. The van der Waals surface area contributed by atoms with Gasteiger partial charge in [0.1, 0.15) is 5.60 Å². The van der Waals surface area contributed by atoms with Gasteiger partial charge in [-0.15, -0.1) is 0 Å². The van der Waals surface area contributed by atoms with E-state index in [-0.39, 0.29) is 23.4 Å². The maximum atomic E-state index is 13.9. The van der Waals surface area contributed by atoms with E-state index in [0.29, 0.717) is 0 Å². The van der Waals surface area contributed by atoms with Crippen molar-refractivity contribution in [3.8, 4) is 0 Å². The van der Waals surface area contributed by atoms with Gasteiger partial charge < -0.3 is 9.47 Å². The number of alkyl carbamates (subject to hydrolysis) is 1. The molecular weight excluding hydrogens is 509 g/mol. The quantitative estimate of drug-likeness (QED) is 0.548. The Hall–Kier alpha value is -1.68. The van der Waals surface area contributed by atoms with Crippen LogP contribution < -0.4 is 5.32 Å². The minimum Gasteiger partial charge on any atom is -0.444 e. The van der Waals surface area contributed by atoms with Crippen molar-refractivity contribution in [3.05, 3.63) is 32.9 Å². The number of likely N-dealkylation sites (N-methyl/N-ethyl adjacent to an activating group) is 1. The molecule has 2 amide bonds. The minimum absolute atomic E-state index is 0.0878. The van der Waals surface area contributed by atoms with Gasteiger partial charge in [0.05, 0.1) is 6.10 Å². The molecule has 0 saturated heterocycles. The molecule has 8 heteroatoms. The van der Waals surface area contributed by atoms with Crippen LogP contribution in [0.2, 0.25) is 0 Å². The molecule has 1 aromatic carbocycles. The Balaban J connectivity index is 1.78. The Morgan fingerprint density at radius 3 is 2.58 bits per heavy atom. The molecule has 2 spiro atoms. The van der Waals surface area contributed by atoms with Crippen molar-refractivity contribution in [1.82, 2.24) is 10.2 Å². The molecule has 7 nitrogen and oxygen atoms in total. The number of carbonyl (C=O) groups is 2. The van der Waals surface area contributed by atoms with E-state index in [0.717, 1.165) is 41.2 Å². The molecule has 0 aromatic heterocycles. The molecule has 1 atom stereocenters. The zero-order chi connectivity index (χ0) is 22.6. The first-order valence-electron chi connectivity index (χ1n) is 10.7. The SMILES string of the molecule is COC1CCC2(CC1)Cc1ccc(I)cc1C21N=C(NC(=O)OC(C)(C)C)N(C)C1=O. The first kappa shape index (κ1) is 22.5. The van der Waals surface area contributed by atoms with Crippen molar-refractivity contribution in [1.29, 1.82) is 0 Å². The lowest BCUT2D eigenvalue weighted by Gasteiger charge is -2.45. The van der Waals surface area contributed by atoms with Gasteiger partial charge in [-0.3, -0.25) is 15.0 Å². The Kier molecular flexibility index (Phi) is 5.61. The summed E-state index contributed by atoms with van der Waals surface area (Å²) in [6.45, 7) is 5.41. The Morgan fingerprint density at radius 1 is 1.29 bits per heavy atom. The smallest absolute Gasteiger partial charge is 0.414 e. The molecular formula is C23H30IN3O4. The summed E-state index contributed by atoms with van der Waals surface area (Å²) in [6, 6.07) is 6.29. The van der Waals surface area contributed by atoms with Crippen LogP contribution in [0.3, 0.4) is 0 Å². The highest BCUT2D eigenvalue weighted by atomic mass is 127. The molecule has 1 aliphatic heterocycles. The molecule has 31 heavy (non-hydrogen) atoms. The standard InChI is InChI=1S/C23H30IN3O4/c1-21(2,3)31-20(29)25-19-26-23(18(28)27(19)4)17-12-15(24)7-6-14(17)13-22(23)10-8-16(30-5)9-11-22/h6-7,12,16H,8-11,13H2,1-5H3,(H,25,26,29). The lowest BCUT2D eigenvalue weighted by Crippen LogP contribution is -2.51. The highest BCUT2D eigenvalue weighted by Gasteiger charge is 2.66. The number of nitrogens with one attached hydrogen (secondary N) is 1. The zero-order valence-electron chi connectivity index (χ0n) is 18.8. The fourth-order valence-electron chi connectivity index (χ4n) is 5.38. The molecule has 4 rings (SSSR count). The van der Waals surface area contributed by atoms with E-state index in [9.17, 15) is 9.59 Å². The van der Waals surface area contributed by atoms with E-state index in [4.69, 9.17) is 14.5 Å². The number of guanidine groups is 1. The summed E-state index contributed by atoms with van der Waals surface area (Å²) < 4.78 is 12.1. The average molecular weight is 539 g/mol. The molecule has 168 valence electrons. The number of hydrogen-bond acceptors (Lipinski definition) is 5. The summed E-state index contributed by atoms with van der Waals surface area (Å²) in [6.07, 6.45) is 3.89. The lowest BCUT2D eigenvalue weighted by atomic mass is 9.61. The van der Waals surface area contributed by atoms with Crippen LogP contribution in [0.1, 0.15) is 57.6 Å². The molecule has 1 unspecified atom stereocenters. The third-order valence-corrected chi connectivity index (χ3v) is 7.47. The first-order chi connectivity index (χ1) is 14.5. The van der Waals surface area contributed by atoms with Gasteiger partial charge in [-0.25, -0.2) is 9.79 Å². The Morgan fingerprint density at radius 2 is 1.97 bits per heavy atom. The number of halogens is 1. The molecule has 0 bridgehead atoms. The molecule has 0 radical (unpaired) electrons. The fraction of sp³-hybridized carbons (Fsp3) is 0.609. The summed E-state index contributed by atoms with van der Waals surface area (Å²) in [7, 11) is 3.42. The third-order valence-electron chi connectivity index (χ3n) is 6.80. The van der Waals surface area contributed by atoms with Crippen LogP contribution in [0.15, 0.2) is 23.2 Å². The lowest BCUT2D eigenvalue weighted by molar-refractivity contribution is -0.137. The van der Waals surface area contributed by atoms with Crippen LogP contribution in [-0.4, -0.2) is 48.7 Å². The summed E-state index contributed by atoms with van der Waals surface area (Å²) in [5.41, 5.74) is 0.145. The van der Waals surface area contributed by atoms with Crippen molar-refractivity contribution in [3.63, 3.8) is 0 Å². The monoisotopic (exact) mass is 539 g/mol. The number of nitrogens with zero attached hydrogens (tertiary/aromatic N) is 2. The molecule has 1 heterocycles. The number of ether oxygens (including phenoxy) is 2. The van der Waals surface area contributed by atoms with Gasteiger partial charge in [0.15, 0.2) is 5.54 Å². The second kappa shape index (κ2) is 7.72. The summed E-state index contributed by atoms with van der Waals surface area (Å²) >= 11 is 2.28. The Bertz CT molecular complexity index is 947. The maximum absolute atomic E-state index is 13.9. The Labute approximate surface area is 197 Å². The van der Waals surface area contributed by atoms with Gasteiger partial charge in [0.2, 0.25) is 5.96 Å². The van der Waals surface area contributed by atoms with E-state index in [2.05, 4.69) is 46.1 Å². The second-order valence-electron chi connectivity index (χ2n) is 9.83. The van der Waals surface area contributed by atoms with Crippen molar-refractivity contribution in [2.45, 2.75) is 70.1 Å². The largest absolute Gasteiger partial charge is 0.444 e. The van der Waals surface area contributed by atoms with E-state index in [1.54, 1.807) is 34.9 Å². The zero-order valence-corrected chi connectivity index (χ0v) is 20.9. The topological polar surface area (TPSA) is 80.2 Å². The molecule has 1 fully saturated rings. The number of carbonyl (C=O) groups excluding carboxylic acids is 2. The van der Waals surface area contributed by atoms with Crippen molar-refractivity contribution < 1.29 is 19.1 Å². The normalized spacial score (nSPS) is 30.0. The number of hydrogen-bond donors (Lipinski definition) is 1. The molecule has 1 saturated carbocycles. The number of aliphatic imine (C=N–C) groups is 1. The van der Waals surface area contributed by atoms with Crippen LogP contribution in [0.25, 0.3) is 0 Å². The summed E-state index contributed by atoms with van der Waals surface area (Å²) in [4.78, 5) is 32.8. The van der Waals surface area contributed by atoms with E-state index in [1.165, 1.54) is 10.5 Å². The second-order valence-corrected chi connectivity index (χ2v) is 11.1. The number of benzene rings is 1. The van der Waals surface area contributed by atoms with E-state index >= 15 is 0 Å². The van der Waals surface area contributed by atoms with Gasteiger partial charge in [0.25, 0.3) is 5.91 Å². The van der Waals surface area contributed by atoms with Crippen LogP contribution in [0, 0.1) is 8.99 Å². The van der Waals surface area contributed by atoms with E-state index in [1.807, 2.05) is 0 Å². The van der Waals surface area contributed by atoms with Crippen molar-refractivity contribution in [2.75, 3.05) is 14.2 Å². The number of methoxy groups -OCH3 is 1. The summed E-state index contributed by atoms with van der Waals surface area (Å²) in [5, 5.41) is 2.72. The van der Waals surface area contributed by atoms with Gasteiger partial charge in [-0.1, -0.05) is 6.07 Å². The highest BCUT2D eigenvalue weighted by molar-refractivity contribution is 14.1. The summed E-state index contributed by atoms with van der Waals surface area (Å²) in [5.74, 6) is 0.161. The molecule has 2 aliphatic carbocycles. The maximum Gasteiger partial charge on any atom is 0.414 e. The van der Waals surface area contributed by atoms with Crippen LogP contribution >= 0.6 is 22.6 Å². The van der Waals surface area contributed by atoms with Gasteiger partial charge in [0, 0.05) is 23.1 Å². The molecule has 3 aliphatic rings. The van der Waals surface area contributed by atoms with Crippen LogP contribution in [-0.2, 0) is 26.2 Å². The van der Waals surface area contributed by atoms with Gasteiger partial charge in [-0.2, -0.15) is 0 Å². The average Bonchev–Trinajstić information content (AvgIpc) is 3.09. The van der Waals surface area contributed by atoms with Crippen LogP contribution in [0.4, 0.5) is 4.79 Å². The van der Waals surface area contributed by atoms with E-state index < -0.39 is 17.2 Å². The number of fused-ring (bicyclic) bond motifs is 3. The fourth-order valence-corrected chi connectivity index (χ4v) is 5.88. The van der Waals surface area contributed by atoms with Gasteiger partial charge in [-0.05, 0) is 98.7 Å². The number of rotatable bonds is 1. The predicted molar refractivity (Wildman–Crippen MR) is 126 cm³/mol. The predicted octanol–water partition coefficient (Wildman–Crippen LogP) is 3.97. The van der Waals surface area contributed by atoms with Crippen LogP contribution in [0.5, 0.6) is 0 Å². The highest BCUT2D eigenvalue weighted by Crippen LogP contribution is 2.61. The number of amides is 2. The molecule has 1 N–H and O–H groups in total. The van der Waals surface area contributed by atoms with Crippen molar-refractivity contribution >= 4 is 40.6 Å². The van der Waals surface area contributed by atoms with Gasteiger partial charge >= 0.3 is 6.09 Å². The third kappa shape index (κ3) is 3.65. The van der Waals surface area contributed by atoms with Crippen molar-refractivity contribution in [2.24, 2.45) is 10.4 Å². The minimum atomic E-state index is -1.03.